The van der Waals surface area contributed by atoms with Crippen molar-refractivity contribution >= 4 is 29.1 Å². The summed E-state index contributed by atoms with van der Waals surface area (Å²) in [6, 6.07) is 16.5. The second kappa shape index (κ2) is 10.3. The highest BCUT2D eigenvalue weighted by molar-refractivity contribution is 6.30. The van der Waals surface area contributed by atoms with Gasteiger partial charge in [-0.1, -0.05) is 67.4 Å². The van der Waals surface area contributed by atoms with Gasteiger partial charge in [0.2, 0.25) is 0 Å². The number of benzene rings is 2. The molecule has 1 heterocycles. The normalized spacial score (nSPS) is 18.2. The first-order chi connectivity index (χ1) is 14.0. The van der Waals surface area contributed by atoms with Gasteiger partial charge in [0.25, 0.3) is 0 Å². The van der Waals surface area contributed by atoms with E-state index in [1.807, 2.05) is 30.3 Å². The molecule has 0 radical (unpaired) electrons. The Balaban J connectivity index is 1.86. The van der Waals surface area contributed by atoms with Crippen LogP contribution in [0.3, 0.4) is 0 Å². The summed E-state index contributed by atoms with van der Waals surface area (Å²) < 4.78 is 6.03. The number of hydrogen-bond donors (Lipinski definition) is 0. The number of allylic oxidation sites excluding steroid dienone is 1. The molecule has 2 nitrogen and oxygen atoms in total. The minimum Gasteiger partial charge on any atom is -0.478 e. The SMILES string of the molecule is C=CCC(C[C@@H](Cc1ccc(Cl)cc1)c1cccc(Cl)c1)C1=N[C@@H](C(C)C)CO1. The molecule has 2 aromatic carbocycles. The first-order valence-corrected chi connectivity index (χ1v) is 11.0. The Morgan fingerprint density at radius 2 is 1.86 bits per heavy atom. The van der Waals surface area contributed by atoms with Crippen molar-refractivity contribution in [1.82, 2.24) is 0 Å². The maximum Gasteiger partial charge on any atom is 0.187 e. The fourth-order valence-corrected chi connectivity index (χ4v) is 4.14. The summed E-state index contributed by atoms with van der Waals surface area (Å²) in [5, 5.41) is 1.52. The molecule has 0 N–H and O–H groups in total. The van der Waals surface area contributed by atoms with E-state index < -0.39 is 0 Å². The Bertz CT molecular complexity index is 844. The van der Waals surface area contributed by atoms with E-state index in [2.05, 4.69) is 44.7 Å². The highest BCUT2D eigenvalue weighted by atomic mass is 35.5. The molecule has 0 aliphatic carbocycles. The average molecular weight is 430 g/mol. The van der Waals surface area contributed by atoms with Crippen molar-refractivity contribution in [2.75, 3.05) is 6.61 Å². The van der Waals surface area contributed by atoms with Crippen LogP contribution < -0.4 is 0 Å². The van der Waals surface area contributed by atoms with Crippen LogP contribution in [-0.4, -0.2) is 18.5 Å². The number of rotatable bonds is 9. The van der Waals surface area contributed by atoms with Crippen LogP contribution in [0.1, 0.15) is 43.7 Å². The van der Waals surface area contributed by atoms with E-state index in [0.29, 0.717) is 18.4 Å². The van der Waals surface area contributed by atoms with Gasteiger partial charge in [-0.05, 0) is 66.5 Å². The van der Waals surface area contributed by atoms with E-state index in [0.717, 1.165) is 35.2 Å². The molecule has 2 aromatic rings. The van der Waals surface area contributed by atoms with Crippen molar-refractivity contribution in [3.63, 3.8) is 0 Å². The van der Waals surface area contributed by atoms with Gasteiger partial charge in [0.1, 0.15) is 6.61 Å². The van der Waals surface area contributed by atoms with E-state index in [9.17, 15) is 0 Å². The predicted molar refractivity (Wildman–Crippen MR) is 124 cm³/mol. The highest BCUT2D eigenvalue weighted by Gasteiger charge is 2.29. The third kappa shape index (κ3) is 6.10. The molecule has 1 unspecified atom stereocenters. The van der Waals surface area contributed by atoms with E-state index in [4.69, 9.17) is 32.9 Å². The monoisotopic (exact) mass is 429 g/mol. The van der Waals surface area contributed by atoms with Gasteiger partial charge >= 0.3 is 0 Å². The quantitative estimate of drug-likeness (QED) is 0.381. The fourth-order valence-electron chi connectivity index (χ4n) is 3.82. The molecule has 1 aliphatic rings. The lowest BCUT2D eigenvalue weighted by Gasteiger charge is -2.23. The topological polar surface area (TPSA) is 21.6 Å². The van der Waals surface area contributed by atoms with Gasteiger partial charge in [-0.15, -0.1) is 6.58 Å². The van der Waals surface area contributed by atoms with Crippen molar-refractivity contribution in [3.8, 4) is 0 Å². The predicted octanol–water partition coefficient (Wildman–Crippen LogP) is 7.36. The van der Waals surface area contributed by atoms with E-state index in [-0.39, 0.29) is 12.0 Å². The van der Waals surface area contributed by atoms with E-state index in [1.54, 1.807) is 0 Å². The van der Waals surface area contributed by atoms with Crippen molar-refractivity contribution in [2.24, 2.45) is 16.8 Å². The minimum absolute atomic E-state index is 0.215. The van der Waals surface area contributed by atoms with Crippen LogP contribution in [0, 0.1) is 11.8 Å². The lowest BCUT2D eigenvalue weighted by molar-refractivity contribution is 0.272. The lowest BCUT2D eigenvalue weighted by atomic mass is 9.83. The van der Waals surface area contributed by atoms with Crippen LogP contribution in [0.2, 0.25) is 10.0 Å². The van der Waals surface area contributed by atoms with Crippen LogP contribution in [-0.2, 0) is 11.2 Å². The zero-order valence-corrected chi connectivity index (χ0v) is 18.7. The van der Waals surface area contributed by atoms with Gasteiger partial charge in [-0.2, -0.15) is 0 Å². The first-order valence-electron chi connectivity index (χ1n) is 10.3. The van der Waals surface area contributed by atoms with Crippen molar-refractivity contribution in [1.29, 1.82) is 0 Å². The largest absolute Gasteiger partial charge is 0.478 e. The number of hydrogen-bond acceptors (Lipinski definition) is 2. The summed E-state index contributed by atoms with van der Waals surface area (Å²) in [4.78, 5) is 4.89. The molecule has 29 heavy (non-hydrogen) atoms. The third-order valence-corrected chi connectivity index (χ3v) is 6.04. The van der Waals surface area contributed by atoms with Gasteiger partial charge in [-0.25, -0.2) is 4.99 Å². The third-order valence-electron chi connectivity index (χ3n) is 5.55. The summed E-state index contributed by atoms with van der Waals surface area (Å²) >= 11 is 12.4. The fraction of sp³-hybridized carbons (Fsp3) is 0.400. The highest BCUT2D eigenvalue weighted by Crippen LogP contribution is 2.33. The molecule has 0 spiro atoms. The molecule has 0 saturated carbocycles. The molecule has 0 aromatic heterocycles. The average Bonchev–Trinajstić information content (AvgIpc) is 3.19. The Kier molecular flexibility index (Phi) is 7.80. The number of aliphatic imine (C=N–C) groups is 1. The molecule has 3 atom stereocenters. The Labute approximate surface area is 184 Å². The Morgan fingerprint density at radius 3 is 2.48 bits per heavy atom. The number of ether oxygens (including phenoxy) is 1. The molecular formula is C25H29Cl2NO. The molecule has 1 aliphatic heterocycles. The van der Waals surface area contributed by atoms with Gasteiger partial charge in [0, 0.05) is 16.0 Å². The van der Waals surface area contributed by atoms with Crippen LogP contribution >= 0.6 is 23.2 Å². The first kappa shape index (κ1) is 21.9. The summed E-state index contributed by atoms with van der Waals surface area (Å²) in [5.41, 5.74) is 2.49. The lowest BCUT2D eigenvalue weighted by Crippen LogP contribution is -2.19. The zero-order valence-electron chi connectivity index (χ0n) is 17.2. The second-order valence-electron chi connectivity index (χ2n) is 8.13. The van der Waals surface area contributed by atoms with Crippen molar-refractivity contribution < 1.29 is 4.74 Å². The second-order valence-corrected chi connectivity index (χ2v) is 9.00. The maximum absolute atomic E-state index is 6.31. The molecule has 4 heteroatoms. The van der Waals surface area contributed by atoms with Crippen molar-refractivity contribution in [2.45, 2.75) is 45.1 Å². The number of halogens is 2. The minimum atomic E-state index is 0.215. The molecule has 154 valence electrons. The maximum atomic E-state index is 6.31. The van der Waals surface area contributed by atoms with Gasteiger partial charge in [0.05, 0.1) is 6.04 Å². The van der Waals surface area contributed by atoms with Gasteiger partial charge in [0.15, 0.2) is 5.90 Å². The van der Waals surface area contributed by atoms with Crippen LogP contribution in [0.5, 0.6) is 0 Å². The molecule has 0 saturated heterocycles. The Morgan fingerprint density at radius 1 is 1.10 bits per heavy atom. The summed E-state index contributed by atoms with van der Waals surface area (Å²) in [7, 11) is 0. The summed E-state index contributed by atoms with van der Waals surface area (Å²) in [5.74, 6) is 1.87. The van der Waals surface area contributed by atoms with Crippen LogP contribution in [0.25, 0.3) is 0 Å². The summed E-state index contributed by atoms with van der Waals surface area (Å²) in [6.07, 6.45) is 4.66. The van der Waals surface area contributed by atoms with Crippen LogP contribution in [0.15, 0.2) is 66.2 Å². The summed E-state index contributed by atoms with van der Waals surface area (Å²) in [6.45, 7) is 9.03. The van der Waals surface area contributed by atoms with E-state index in [1.165, 1.54) is 11.1 Å². The van der Waals surface area contributed by atoms with Gasteiger partial charge in [-0.3, -0.25) is 0 Å². The number of nitrogens with zero attached hydrogens (tertiary/aromatic N) is 1. The molecule has 0 bridgehead atoms. The molecule has 0 amide bonds. The standard InChI is InChI=1S/C25H29Cl2NO/c1-4-6-20(25-28-24(16-29-25)17(2)3)14-21(19-7-5-8-23(27)15-19)13-18-9-11-22(26)12-10-18/h4-5,7-12,15,17,20-21,24H,1,6,13-14,16H2,2-3H3/t20?,21-,24-/m1/s1. The van der Waals surface area contributed by atoms with Crippen molar-refractivity contribution in [3.05, 3.63) is 82.4 Å². The van der Waals surface area contributed by atoms with Crippen LogP contribution in [0.4, 0.5) is 0 Å². The molecular weight excluding hydrogens is 401 g/mol. The van der Waals surface area contributed by atoms with E-state index >= 15 is 0 Å². The molecule has 3 rings (SSSR count). The zero-order chi connectivity index (χ0) is 20.8. The molecule has 0 fully saturated rings. The van der Waals surface area contributed by atoms with Gasteiger partial charge < -0.3 is 4.74 Å². The Hall–Kier alpha value is -1.77. The smallest absolute Gasteiger partial charge is 0.187 e.